The number of aromatic nitrogens is 3. The fourth-order valence-electron chi connectivity index (χ4n) is 3.76. The molecular weight excluding hydrogens is 372 g/mol. The van der Waals surface area contributed by atoms with E-state index in [9.17, 15) is 4.79 Å². The molecule has 0 N–H and O–H groups in total. The zero-order valence-electron chi connectivity index (χ0n) is 16.6. The van der Waals surface area contributed by atoms with E-state index in [1.54, 1.807) is 14.0 Å². The zero-order valence-corrected chi connectivity index (χ0v) is 16.6. The Morgan fingerprint density at radius 2 is 2.07 bits per heavy atom. The first-order chi connectivity index (χ1) is 14.2. The van der Waals surface area contributed by atoms with Crippen LogP contribution in [0.25, 0.3) is 11.5 Å². The van der Waals surface area contributed by atoms with Crippen LogP contribution in [0.4, 0.5) is 0 Å². The number of ether oxygens (including phenoxy) is 1. The molecule has 8 nitrogen and oxygen atoms in total. The summed E-state index contributed by atoms with van der Waals surface area (Å²) in [6.07, 6.45) is 3.34. The molecule has 3 heterocycles. The van der Waals surface area contributed by atoms with E-state index in [1.807, 2.05) is 35.2 Å². The van der Waals surface area contributed by atoms with E-state index in [-0.39, 0.29) is 11.9 Å². The maximum absolute atomic E-state index is 13.1. The largest absolute Gasteiger partial charge is 0.380 e. The molecular formula is C21H24N4O4. The van der Waals surface area contributed by atoms with Gasteiger partial charge in [-0.1, -0.05) is 28.5 Å². The van der Waals surface area contributed by atoms with Gasteiger partial charge in [0, 0.05) is 31.7 Å². The molecule has 8 heteroatoms. The summed E-state index contributed by atoms with van der Waals surface area (Å²) < 4.78 is 15.8. The van der Waals surface area contributed by atoms with Gasteiger partial charge in [-0.15, -0.1) is 0 Å². The maximum atomic E-state index is 13.1. The van der Waals surface area contributed by atoms with Crippen LogP contribution in [0, 0.1) is 6.92 Å². The van der Waals surface area contributed by atoms with Crippen molar-refractivity contribution in [2.24, 2.45) is 0 Å². The number of hydrogen-bond acceptors (Lipinski definition) is 7. The molecule has 1 aromatic carbocycles. The van der Waals surface area contributed by atoms with Crippen molar-refractivity contribution in [2.75, 3.05) is 13.7 Å². The second-order valence-electron chi connectivity index (χ2n) is 7.21. The lowest BCUT2D eigenvalue weighted by Crippen LogP contribution is -2.36. The highest BCUT2D eigenvalue weighted by atomic mass is 16.5. The molecule has 1 amide bonds. The molecule has 1 saturated heterocycles. The average Bonchev–Trinajstić information content (AvgIpc) is 3.48. The molecule has 29 heavy (non-hydrogen) atoms. The Kier molecular flexibility index (Phi) is 5.71. The third-order valence-corrected chi connectivity index (χ3v) is 5.30. The molecule has 3 aromatic rings. The summed E-state index contributed by atoms with van der Waals surface area (Å²) in [5.41, 5.74) is 1.96. The molecule has 1 atom stereocenters. The van der Waals surface area contributed by atoms with Gasteiger partial charge in [0.1, 0.15) is 5.76 Å². The first kappa shape index (κ1) is 19.3. The summed E-state index contributed by atoms with van der Waals surface area (Å²) in [6, 6.07) is 9.81. The normalized spacial score (nSPS) is 16.5. The van der Waals surface area contributed by atoms with Gasteiger partial charge in [-0.05, 0) is 38.3 Å². The van der Waals surface area contributed by atoms with Crippen molar-refractivity contribution in [3.05, 3.63) is 53.2 Å². The lowest BCUT2D eigenvalue weighted by molar-refractivity contribution is 0.0715. The van der Waals surface area contributed by atoms with Gasteiger partial charge in [0.15, 0.2) is 11.5 Å². The second-order valence-corrected chi connectivity index (χ2v) is 7.21. The van der Waals surface area contributed by atoms with Crippen LogP contribution < -0.4 is 0 Å². The van der Waals surface area contributed by atoms with Crippen LogP contribution >= 0.6 is 0 Å². The van der Waals surface area contributed by atoms with Crippen molar-refractivity contribution in [1.82, 2.24) is 20.2 Å². The van der Waals surface area contributed by atoms with Gasteiger partial charge in [-0.3, -0.25) is 4.79 Å². The third kappa shape index (κ3) is 4.07. The number of likely N-dealkylation sites (tertiary alicyclic amines) is 1. The van der Waals surface area contributed by atoms with Gasteiger partial charge in [0.25, 0.3) is 11.8 Å². The molecule has 1 aliphatic heterocycles. The van der Waals surface area contributed by atoms with E-state index < -0.39 is 0 Å². The summed E-state index contributed by atoms with van der Waals surface area (Å²) in [5, 5.41) is 8.07. The number of carbonyl (C=O) groups excluding carboxylic acids is 1. The number of methoxy groups -OCH3 is 1. The third-order valence-electron chi connectivity index (χ3n) is 5.30. The van der Waals surface area contributed by atoms with Gasteiger partial charge in [-0.2, -0.15) is 4.98 Å². The smallest absolute Gasteiger partial charge is 0.276 e. The molecule has 1 fully saturated rings. The van der Waals surface area contributed by atoms with Gasteiger partial charge >= 0.3 is 0 Å². The highest BCUT2D eigenvalue weighted by molar-refractivity contribution is 5.94. The first-order valence-electron chi connectivity index (χ1n) is 9.80. The van der Waals surface area contributed by atoms with Crippen molar-refractivity contribution in [3.63, 3.8) is 0 Å². The summed E-state index contributed by atoms with van der Waals surface area (Å²) in [6.45, 7) is 2.81. The van der Waals surface area contributed by atoms with Gasteiger partial charge in [-0.25, -0.2) is 0 Å². The Morgan fingerprint density at radius 1 is 1.24 bits per heavy atom. The summed E-state index contributed by atoms with van der Waals surface area (Å²) in [7, 11) is 1.59. The average molecular weight is 396 g/mol. The summed E-state index contributed by atoms with van der Waals surface area (Å²) >= 11 is 0. The number of nitrogens with zero attached hydrogens (tertiary/aromatic N) is 4. The Hall–Kier alpha value is -3.00. The molecule has 0 bridgehead atoms. The number of aryl methyl sites for hydroxylation is 2. The van der Waals surface area contributed by atoms with Gasteiger partial charge < -0.3 is 18.7 Å². The highest BCUT2D eigenvalue weighted by Gasteiger charge is 2.33. The number of hydrogen-bond donors (Lipinski definition) is 0. The summed E-state index contributed by atoms with van der Waals surface area (Å²) in [4.78, 5) is 19.4. The Labute approximate surface area is 168 Å². The Balaban J connectivity index is 1.42. The minimum atomic E-state index is -0.102. The predicted octanol–water partition coefficient (Wildman–Crippen LogP) is 3.42. The molecule has 2 aromatic heterocycles. The molecule has 0 spiro atoms. The predicted molar refractivity (Wildman–Crippen MR) is 104 cm³/mol. The van der Waals surface area contributed by atoms with Crippen LogP contribution in [0.1, 0.15) is 46.9 Å². The van der Waals surface area contributed by atoms with E-state index in [1.165, 1.54) is 0 Å². The van der Waals surface area contributed by atoms with E-state index in [4.69, 9.17) is 13.8 Å². The maximum Gasteiger partial charge on any atom is 0.276 e. The Bertz CT molecular complexity index is 966. The molecule has 0 saturated carbocycles. The van der Waals surface area contributed by atoms with Crippen LogP contribution in [0.15, 0.2) is 39.4 Å². The lowest BCUT2D eigenvalue weighted by atomic mass is 10.1. The van der Waals surface area contributed by atoms with Crippen molar-refractivity contribution >= 4 is 5.91 Å². The molecule has 1 unspecified atom stereocenters. The number of benzene rings is 1. The highest BCUT2D eigenvalue weighted by Crippen LogP contribution is 2.26. The van der Waals surface area contributed by atoms with E-state index in [0.29, 0.717) is 48.3 Å². The van der Waals surface area contributed by atoms with E-state index in [2.05, 4.69) is 15.3 Å². The SMILES string of the molecule is COCc1c(C(=O)N2CCCC2CCc2noc(-c3ccccc3)n2)noc1C. The van der Waals surface area contributed by atoms with E-state index >= 15 is 0 Å². The fourth-order valence-corrected chi connectivity index (χ4v) is 3.76. The van der Waals surface area contributed by atoms with Crippen LogP contribution in [0.3, 0.4) is 0 Å². The van der Waals surface area contributed by atoms with Crippen molar-refractivity contribution < 1.29 is 18.6 Å². The molecule has 0 radical (unpaired) electrons. The van der Waals surface area contributed by atoms with Gasteiger partial charge in [0.2, 0.25) is 0 Å². The number of rotatable bonds is 7. The second kappa shape index (κ2) is 8.57. The first-order valence-corrected chi connectivity index (χ1v) is 9.80. The zero-order chi connectivity index (χ0) is 20.2. The van der Waals surface area contributed by atoms with Crippen molar-refractivity contribution in [2.45, 2.75) is 45.3 Å². The summed E-state index contributed by atoms with van der Waals surface area (Å²) in [5.74, 6) is 1.68. The minimum absolute atomic E-state index is 0.102. The fraction of sp³-hybridized carbons (Fsp3) is 0.429. The minimum Gasteiger partial charge on any atom is -0.380 e. The number of amides is 1. The molecule has 152 valence electrons. The topological polar surface area (TPSA) is 94.5 Å². The van der Waals surface area contributed by atoms with Crippen molar-refractivity contribution in [3.8, 4) is 11.5 Å². The van der Waals surface area contributed by atoms with Crippen LogP contribution in [-0.4, -0.2) is 45.8 Å². The Morgan fingerprint density at radius 3 is 2.86 bits per heavy atom. The van der Waals surface area contributed by atoms with E-state index in [0.717, 1.165) is 24.8 Å². The monoisotopic (exact) mass is 396 g/mol. The standard InChI is InChI=1S/C21H24N4O4/c1-14-17(13-27-2)19(24-28-14)21(26)25-12-6-9-16(25)10-11-18-22-20(29-23-18)15-7-4-3-5-8-15/h3-5,7-8,16H,6,9-13H2,1-2H3. The molecule has 0 aliphatic carbocycles. The van der Waals surface area contributed by atoms with Crippen LogP contribution in [0.2, 0.25) is 0 Å². The number of carbonyl (C=O) groups is 1. The molecule has 1 aliphatic rings. The van der Waals surface area contributed by atoms with Crippen LogP contribution in [-0.2, 0) is 17.8 Å². The van der Waals surface area contributed by atoms with Crippen LogP contribution in [0.5, 0.6) is 0 Å². The lowest BCUT2D eigenvalue weighted by Gasteiger charge is -2.23. The molecule has 4 rings (SSSR count). The quantitative estimate of drug-likeness (QED) is 0.604. The van der Waals surface area contributed by atoms with Crippen molar-refractivity contribution in [1.29, 1.82) is 0 Å². The van der Waals surface area contributed by atoms with Gasteiger partial charge in [0.05, 0.1) is 12.2 Å².